The van der Waals surface area contributed by atoms with Gasteiger partial charge in [0.2, 0.25) is 5.91 Å². The minimum absolute atomic E-state index is 0.0876. The molecule has 0 aromatic rings. The fraction of sp³-hybridized carbons (Fsp3) is 0.833. The summed E-state index contributed by atoms with van der Waals surface area (Å²) in [6, 6.07) is -0.568. The molecule has 4 nitrogen and oxygen atoms in total. The van der Waals surface area contributed by atoms with Gasteiger partial charge in [0.05, 0.1) is 0 Å². The van der Waals surface area contributed by atoms with Crippen molar-refractivity contribution in [3.63, 3.8) is 0 Å². The third kappa shape index (κ3) is 2.20. The van der Waals surface area contributed by atoms with Crippen LogP contribution in [0.15, 0.2) is 0 Å². The van der Waals surface area contributed by atoms with E-state index in [0.29, 0.717) is 13.0 Å². The average molecular weight is 225 g/mol. The van der Waals surface area contributed by atoms with Gasteiger partial charge >= 0.3 is 5.97 Å². The highest BCUT2D eigenvalue weighted by molar-refractivity contribution is 5.85. The summed E-state index contributed by atoms with van der Waals surface area (Å²) >= 11 is 0. The minimum atomic E-state index is -0.842. The molecule has 0 radical (unpaired) electrons. The number of likely N-dealkylation sites (tertiary alicyclic amines) is 1. The zero-order valence-electron chi connectivity index (χ0n) is 9.52. The molecule has 0 spiro atoms. The van der Waals surface area contributed by atoms with Gasteiger partial charge in [-0.25, -0.2) is 4.79 Å². The van der Waals surface area contributed by atoms with Crippen molar-refractivity contribution in [3.05, 3.63) is 0 Å². The van der Waals surface area contributed by atoms with E-state index in [9.17, 15) is 9.59 Å². The van der Waals surface area contributed by atoms with Gasteiger partial charge in [-0.15, -0.1) is 0 Å². The molecule has 0 aromatic carbocycles. The number of carbonyl (C=O) groups is 2. The first-order valence-electron chi connectivity index (χ1n) is 6.23. The fourth-order valence-corrected chi connectivity index (χ4v) is 2.86. The Labute approximate surface area is 95.6 Å². The van der Waals surface area contributed by atoms with E-state index >= 15 is 0 Å². The summed E-state index contributed by atoms with van der Waals surface area (Å²) < 4.78 is 0. The number of carbonyl (C=O) groups excluding carboxylic acids is 1. The van der Waals surface area contributed by atoms with E-state index in [1.54, 1.807) is 4.90 Å². The van der Waals surface area contributed by atoms with Crippen molar-refractivity contribution in [2.45, 2.75) is 51.0 Å². The maximum atomic E-state index is 12.2. The first-order chi connectivity index (χ1) is 7.70. The topological polar surface area (TPSA) is 57.6 Å². The quantitative estimate of drug-likeness (QED) is 0.777. The molecular formula is C12H19NO3. The summed E-state index contributed by atoms with van der Waals surface area (Å²) in [6.45, 7) is 0.631. The smallest absolute Gasteiger partial charge is 0.326 e. The maximum absolute atomic E-state index is 12.2. The van der Waals surface area contributed by atoms with Crippen molar-refractivity contribution in [2.75, 3.05) is 6.54 Å². The lowest BCUT2D eigenvalue weighted by molar-refractivity contribution is -0.153. The summed E-state index contributed by atoms with van der Waals surface area (Å²) in [7, 11) is 0. The van der Waals surface area contributed by atoms with Crippen LogP contribution in [0.1, 0.15) is 44.9 Å². The minimum Gasteiger partial charge on any atom is -0.480 e. The highest BCUT2D eigenvalue weighted by Crippen LogP contribution is 2.29. The normalized spacial score (nSPS) is 27.0. The second-order valence-corrected chi connectivity index (χ2v) is 4.86. The predicted octanol–water partition coefficient (Wildman–Crippen LogP) is 1.64. The molecule has 0 unspecified atom stereocenters. The molecule has 16 heavy (non-hydrogen) atoms. The van der Waals surface area contributed by atoms with Gasteiger partial charge in [0.25, 0.3) is 0 Å². The van der Waals surface area contributed by atoms with Gasteiger partial charge in [0.1, 0.15) is 6.04 Å². The van der Waals surface area contributed by atoms with E-state index in [1.165, 1.54) is 0 Å². The van der Waals surface area contributed by atoms with Crippen LogP contribution < -0.4 is 0 Å². The van der Waals surface area contributed by atoms with Crippen LogP contribution in [0.4, 0.5) is 0 Å². The lowest BCUT2D eigenvalue weighted by Gasteiger charge is -2.34. The highest BCUT2D eigenvalue weighted by atomic mass is 16.4. The zero-order chi connectivity index (χ0) is 11.5. The van der Waals surface area contributed by atoms with E-state index in [4.69, 9.17) is 5.11 Å². The van der Waals surface area contributed by atoms with Gasteiger partial charge in [-0.2, -0.15) is 0 Å². The molecule has 1 heterocycles. The average Bonchev–Trinajstić information content (AvgIpc) is 2.81. The Balaban J connectivity index is 2.04. The van der Waals surface area contributed by atoms with Crippen molar-refractivity contribution in [1.29, 1.82) is 0 Å². The van der Waals surface area contributed by atoms with Crippen molar-refractivity contribution in [1.82, 2.24) is 4.90 Å². The lowest BCUT2D eigenvalue weighted by atomic mass is 9.98. The predicted molar refractivity (Wildman–Crippen MR) is 58.9 cm³/mol. The molecule has 1 aliphatic carbocycles. The molecule has 0 bridgehead atoms. The molecule has 2 rings (SSSR count). The van der Waals surface area contributed by atoms with E-state index in [-0.39, 0.29) is 11.8 Å². The van der Waals surface area contributed by atoms with Crippen LogP contribution in [0.3, 0.4) is 0 Å². The Morgan fingerprint density at radius 3 is 2.25 bits per heavy atom. The number of piperidine rings is 1. The number of hydrogen-bond donors (Lipinski definition) is 1. The third-order valence-corrected chi connectivity index (χ3v) is 3.78. The molecule has 1 N–H and O–H groups in total. The molecule has 1 saturated carbocycles. The van der Waals surface area contributed by atoms with Crippen LogP contribution in [0.2, 0.25) is 0 Å². The van der Waals surface area contributed by atoms with Crippen molar-refractivity contribution >= 4 is 11.9 Å². The van der Waals surface area contributed by atoms with Crippen LogP contribution in [-0.4, -0.2) is 34.5 Å². The molecule has 90 valence electrons. The van der Waals surface area contributed by atoms with Gasteiger partial charge in [0.15, 0.2) is 0 Å². The first-order valence-corrected chi connectivity index (χ1v) is 6.23. The van der Waals surface area contributed by atoms with E-state index in [2.05, 4.69) is 0 Å². The van der Waals surface area contributed by atoms with Crippen molar-refractivity contribution < 1.29 is 14.7 Å². The van der Waals surface area contributed by atoms with E-state index < -0.39 is 12.0 Å². The number of rotatable bonds is 2. The molecule has 1 atom stereocenters. The number of aliphatic carboxylic acids is 1. The number of nitrogens with zero attached hydrogens (tertiary/aromatic N) is 1. The van der Waals surface area contributed by atoms with Gasteiger partial charge < -0.3 is 10.0 Å². The molecular weight excluding hydrogens is 206 g/mol. The highest BCUT2D eigenvalue weighted by Gasteiger charge is 2.35. The van der Waals surface area contributed by atoms with Crippen LogP contribution in [0.25, 0.3) is 0 Å². The molecule has 1 aliphatic heterocycles. The number of carboxylic acids is 1. The van der Waals surface area contributed by atoms with Gasteiger partial charge in [-0.3, -0.25) is 4.79 Å². The molecule has 2 aliphatic rings. The summed E-state index contributed by atoms with van der Waals surface area (Å²) in [5, 5.41) is 9.11. The Morgan fingerprint density at radius 1 is 1.00 bits per heavy atom. The van der Waals surface area contributed by atoms with Crippen LogP contribution in [0, 0.1) is 5.92 Å². The number of hydrogen-bond acceptors (Lipinski definition) is 2. The summed E-state index contributed by atoms with van der Waals surface area (Å²) in [5.74, 6) is -0.657. The summed E-state index contributed by atoms with van der Waals surface area (Å²) in [5.41, 5.74) is 0. The molecule has 1 saturated heterocycles. The zero-order valence-corrected chi connectivity index (χ0v) is 9.52. The molecule has 2 fully saturated rings. The largest absolute Gasteiger partial charge is 0.480 e. The lowest BCUT2D eigenvalue weighted by Crippen LogP contribution is -2.49. The van der Waals surface area contributed by atoms with Gasteiger partial charge in [-0.1, -0.05) is 12.8 Å². The molecule has 4 heteroatoms. The van der Waals surface area contributed by atoms with E-state index in [0.717, 1.165) is 38.5 Å². The summed E-state index contributed by atoms with van der Waals surface area (Å²) in [6.07, 6.45) is 6.61. The SMILES string of the molecule is O=C(O)[C@@H]1CCCCN1C(=O)C1CCCC1. The second-order valence-electron chi connectivity index (χ2n) is 4.86. The Morgan fingerprint density at radius 2 is 1.62 bits per heavy atom. The first kappa shape index (κ1) is 11.4. The summed E-state index contributed by atoms with van der Waals surface area (Å²) in [4.78, 5) is 24.9. The monoisotopic (exact) mass is 225 g/mol. The van der Waals surface area contributed by atoms with Gasteiger partial charge in [0, 0.05) is 12.5 Å². The van der Waals surface area contributed by atoms with E-state index in [1.807, 2.05) is 0 Å². The van der Waals surface area contributed by atoms with Crippen LogP contribution in [0.5, 0.6) is 0 Å². The Kier molecular flexibility index (Phi) is 3.46. The maximum Gasteiger partial charge on any atom is 0.326 e. The molecule has 1 amide bonds. The van der Waals surface area contributed by atoms with Crippen molar-refractivity contribution in [2.24, 2.45) is 5.92 Å². The second kappa shape index (κ2) is 4.85. The van der Waals surface area contributed by atoms with Crippen LogP contribution in [-0.2, 0) is 9.59 Å². The fourth-order valence-electron chi connectivity index (χ4n) is 2.86. The van der Waals surface area contributed by atoms with Crippen molar-refractivity contribution in [3.8, 4) is 0 Å². The number of amides is 1. The number of carboxylic acid groups (broad SMARTS) is 1. The Bertz CT molecular complexity index is 284. The standard InChI is InChI=1S/C12H19NO3/c14-11(9-5-1-2-6-9)13-8-4-3-7-10(13)12(15)16/h9-10H,1-8H2,(H,15,16)/t10-/m0/s1. The van der Waals surface area contributed by atoms with Gasteiger partial charge in [-0.05, 0) is 32.1 Å². The van der Waals surface area contributed by atoms with Crippen LogP contribution >= 0.6 is 0 Å². The Hall–Kier alpha value is -1.06. The molecule has 0 aromatic heterocycles. The third-order valence-electron chi connectivity index (χ3n) is 3.78.